The van der Waals surface area contributed by atoms with E-state index in [1.807, 2.05) is 30.3 Å². The van der Waals surface area contributed by atoms with Crippen LogP contribution >= 0.6 is 0 Å². The lowest BCUT2D eigenvalue weighted by Crippen LogP contribution is -2.24. The Kier molecular flexibility index (Phi) is 5.73. The third-order valence-electron chi connectivity index (χ3n) is 4.30. The normalized spacial score (nSPS) is 10.3. The maximum Gasteiger partial charge on any atom is 0.411 e. The number of ketones is 1. The molecule has 8 heteroatoms. The van der Waals surface area contributed by atoms with Crippen molar-refractivity contribution in [2.45, 2.75) is 13.8 Å². The molecule has 0 bridgehead atoms. The molecule has 1 heterocycles. The Balaban J connectivity index is 1.76. The molecule has 0 radical (unpaired) electrons. The number of methoxy groups -OCH3 is 1. The Bertz CT molecular complexity index is 1060. The number of rotatable bonds is 5. The van der Waals surface area contributed by atoms with Gasteiger partial charge in [-0.2, -0.15) is 5.10 Å². The summed E-state index contributed by atoms with van der Waals surface area (Å²) in [7, 11) is 1.26. The molecule has 3 rings (SSSR count). The van der Waals surface area contributed by atoms with Crippen LogP contribution in [0.15, 0.2) is 54.6 Å². The monoisotopic (exact) mass is 392 g/mol. The number of nitrogens with zero attached hydrogens (tertiary/aromatic N) is 2. The zero-order valence-electron chi connectivity index (χ0n) is 16.2. The molecule has 2 amide bonds. The summed E-state index contributed by atoms with van der Waals surface area (Å²) in [6.07, 6.45) is -0.599. The van der Waals surface area contributed by atoms with Gasteiger partial charge in [0.2, 0.25) is 0 Å². The van der Waals surface area contributed by atoms with E-state index in [4.69, 9.17) is 0 Å². The molecule has 0 aliphatic rings. The minimum atomic E-state index is -0.766. The molecule has 0 unspecified atom stereocenters. The van der Waals surface area contributed by atoms with Gasteiger partial charge in [-0.3, -0.25) is 14.9 Å². The summed E-state index contributed by atoms with van der Waals surface area (Å²) in [4.78, 5) is 36.4. The summed E-state index contributed by atoms with van der Waals surface area (Å²) in [5.41, 5.74) is 3.06. The van der Waals surface area contributed by atoms with E-state index >= 15 is 0 Å². The van der Waals surface area contributed by atoms with Crippen molar-refractivity contribution in [3.63, 3.8) is 0 Å². The molecule has 0 aliphatic heterocycles. The Morgan fingerprint density at radius 3 is 2.07 bits per heavy atom. The molecule has 0 saturated carbocycles. The van der Waals surface area contributed by atoms with Crippen LogP contribution in [0.2, 0.25) is 0 Å². The van der Waals surface area contributed by atoms with Gasteiger partial charge in [-0.15, -0.1) is 0 Å². The second-order valence-electron chi connectivity index (χ2n) is 6.27. The highest BCUT2D eigenvalue weighted by molar-refractivity contribution is 6.47. The highest BCUT2D eigenvalue weighted by atomic mass is 16.5. The summed E-state index contributed by atoms with van der Waals surface area (Å²) in [6.45, 7) is 3.45. The molecule has 3 aromatic rings. The van der Waals surface area contributed by atoms with Crippen molar-refractivity contribution < 1.29 is 19.1 Å². The maximum atomic E-state index is 12.7. The second-order valence-corrected chi connectivity index (χ2v) is 6.27. The molecular formula is C21H20N4O4. The third-order valence-corrected chi connectivity index (χ3v) is 4.30. The molecule has 0 saturated heterocycles. The fourth-order valence-electron chi connectivity index (χ4n) is 2.90. The van der Waals surface area contributed by atoms with Gasteiger partial charge in [-0.25, -0.2) is 9.48 Å². The van der Waals surface area contributed by atoms with E-state index < -0.39 is 17.8 Å². The lowest BCUT2D eigenvalue weighted by molar-refractivity contribution is -0.112. The Hall–Kier alpha value is -3.94. The van der Waals surface area contributed by atoms with E-state index in [1.54, 1.807) is 42.8 Å². The summed E-state index contributed by atoms with van der Waals surface area (Å²) < 4.78 is 6.16. The van der Waals surface area contributed by atoms with E-state index in [1.165, 1.54) is 7.11 Å². The number of anilines is 2. The quantitative estimate of drug-likeness (QED) is 0.511. The zero-order chi connectivity index (χ0) is 21.0. The van der Waals surface area contributed by atoms with Crippen molar-refractivity contribution in [1.82, 2.24) is 9.78 Å². The minimum absolute atomic E-state index is 0.273. The van der Waals surface area contributed by atoms with Crippen molar-refractivity contribution in [1.29, 1.82) is 0 Å². The number of nitrogens with one attached hydrogen (secondary N) is 2. The molecule has 2 aromatic carbocycles. The number of aromatic nitrogens is 2. The first kappa shape index (κ1) is 19.8. The van der Waals surface area contributed by atoms with Gasteiger partial charge >= 0.3 is 6.09 Å². The Labute approximate surface area is 167 Å². The third kappa shape index (κ3) is 4.32. The van der Waals surface area contributed by atoms with Crippen molar-refractivity contribution in [2.75, 3.05) is 17.7 Å². The van der Waals surface area contributed by atoms with Gasteiger partial charge in [0.15, 0.2) is 0 Å². The van der Waals surface area contributed by atoms with Crippen LogP contribution in [0.4, 0.5) is 16.2 Å². The van der Waals surface area contributed by atoms with Crippen LogP contribution < -0.4 is 10.6 Å². The van der Waals surface area contributed by atoms with Gasteiger partial charge < -0.3 is 10.1 Å². The summed E-state index contributed by atoms with van der Waals surface area (Å²) in [5, 5.41) is 9.47. The van der Waals surface area contributed by atoms with E-state index in [9.17, 15) is 14.4 Å². The number of para-hydroxylation sites is 1. The van der Waals surface area contributed by atoms with E-state index in [-0.39, 0.29) is 5.56 Å². The molecular weight excluding hydrogens is 372 g/mol. The van der Waals surface area contributed by atoms with Crippen LogP contribution in [-0.2, 0) is 9.53 Å². The maximum absolute atomic E-state index is 12.7. The number of carbonyl (C=O) groups excluding carboxylic acids is 3. The number of amides is 2. The van der Waals surface area contributed by atoms with E-state index in [2.05, 4.69) is 20.5 Å². The SMILES string of the molecule is COC(=O)Nc1ccc(NC(=O)C(=O)c2c(C)nn(-c3ccccc3)c2C)cc1. The Morgan fingerprint density at radius 2 is 1.48 bits per heavy atom. The van der Waals surface area contributed by atoms with Gasteiger partial charge in [0.1, 0.15) is 0 Å². The average Bonchev–Trinajstić information content (AvgIpc) is 3.03. The predicted octanol–water partition coefficient (Wildman–Crippen LogP) is 3.49. The van der Waals surface area contributed by atoms with Gasteiger partial charge in [-0.1, -0.05) is 18.2 Å². The molecule has 148 valence electrons. The zero-order valence-corrected chi connectivity index (χ0v) is 16.2. The first-order valence-electron chi connectivity index (χ1n) is 8.83. The van der Waals surface area contributed by atoms with Crippen molar-refractivity contribution in [3.05, 3.63) is 71.5 Å². The molecule has 0 spiro atoms. The summed E-state index contributed by atoms with van der Waals surface area (Å²) in [6, 6.07) is 15.7. The van der Waals surface area contributed by atoms with Crippen molar-refractivity contribution >= 4 is 29.2 Å². The molecule has 0 atom stereocenters. The molecule has 0 aliphatic carbocycles. The number of hydrogen-bond donors (Lipinski definition) is 2. The molecule has 29 heavy (non-hydrogen) atoms. The number of Topliss-reactive ketones (excluding diaryl/α,β-unsaturated/α-hetero) is 1. The smallest absolute Gasteiger partial charge is 0.411 e. The minimum Gasteiger partial charge on any atom is -0.453 e. The summed E-state index contributed by atoms with van der Waals surface area (Å²) >= 11 is 0. The topological polar surface area (TPSA) is 102 Å². The van der Waals surface area contributed by atoms with Gasteiger partial charge in [0.05, 0.1) is 29.7 Å². The van der Waals surface area contributed by atoms with E-state index in [0.29, 0.717) is 22.8 Å². The Morgan fingerprint density at radius 1 is 0.897 bits per heavy atom. The van der Waals surface area contributed by atoms with Crippen LogP contribution in [0, 0.1) is 13.8 Å². The largest absolute Gasteiger partial charge is 0.453 e. The number of carbonyl (C=O) groups is 3. The van der Waals surface area contributed by atoms with Gasteiger partial charge in [0.25, 0.3) is 11.7 Å². The number of hydrogen-bond acceptors (Lipinski definition) is 5. The van der Waals surface area contributed by atoms with Gasteiger partial charge in [-0.05, 0) is 50.2 Å². The second kappa shape index (κ2) is 8.39. The van der Waals surface area contributed by atoms with Gasteiger partial charge in [0, 0.05) is 11.4 Å². The lowest BCUT2D eigenvalue weighted by atomic mass is 10.1. The first-order valence-corrected chi connectivity index (χ1v) is 8.83. The summed E-state index contributed by atoms with van der Waals surface area (Å²) in [5.74, 6) is -1.43. The van der Waals surface area contributed by atoms with Crippen LogP contribution in [-0.4, -0.2) is 34.7 Å². The van der Waals surface area contributed by atoms with Crippen LogP contribution in [0.1, 0.15) is 21.7 Å². The van der Waals surface area contributed by atoms with Crippen LogP contribution in [0.3, 0.4) is 0 Å². The molecule has 2 N–H and O–H groups in total. The predicted molar refractivity (Wildman–Crippen MR) is 108 cm³/mol. The fourth-order valence-corrected chi connectivity index (χ4v) is 2.90. The van der Waals surface area contributed by atoms with Crippen molar-refractivity contribution in [2.24, 2.45) is 0 Å². The lowest BCUT2D eigenvalue weighted by Gasteiger charge is -2.07. The standard InChI is InChI=1S/C21H20N4O4/c1-13-18(14(2)25(24-13)17-7-5-4-6-8-17)19(26)20(27)22-15-9-11-16(12-10-15)23-21(28)29-3/h4-12H,1-3H3,(H,22,27)(H,23,28). The number of ether oxygens (including phenoxy) is 1. The highest BCUT2D eigenvalue weighted by Gasteiger charge is 2.25. The van der Waals surface area contributed by atoms with Crippen LogP contribution in [0.5, 0.6) is 0 Å². The van der Waals surface area contributed by atoms with E-state index in [0.717, 1.165) is 5.69 Å². The highest BCUT2D eigenvalue weighted by Crippen LogP contribution is 2.20. The average molecular weight is 392 g/mol. The fraction of sp³-hybridized carbons (Fsp3) is 0.143. The van der Waals surface area contributed by atoms with Crippen molar-refractivity contribution in [3.8, 4) is 5.69 Å². The number of benzene rings is 2. The number of aryl methyl sites for hydroxylation is 1. The molecule has 0 fully saturated rings. The van der Waals surface area contributed by atoms with Crippen LogP contribution in [0.25, 0.3) is 5.69 Å². The first-order chi connectivity index (χ1) is 13.9. The molecule has 1 aromatic heterocycles. The molecule has 8 nitrogen and oxygen atoms in total.